The Bertz CT molecular complexity index is 1120. The van der Waals surface area contributed by atoms with Crippen LogP contribution < -0.4 is 16.6 Å². The number of amides is 1. The van der Waals surface area contributed by atoms with Crippen molar-refractivity contribution in [1.29, 1.82) is 0 Å². The van der Waals surface area contributed by atoms with Crippen LogP contribution in [-0.4, -0.2) is 15.0 Å². The summed E-state index contributed by atoms with van der Waals surface area (Å²) in [5.41, 5.74) is 0.152. The summed E-state index contributed by atoms with van der Waals surface area (Å²) in [6, 6.07) is 13.3. The number of para-hydroxylation sites is 1. The van der Waals surface area contributed by atoms with Gasteiger partial charge in [0.2, 0.25) is 5.91 Å². The van der Waals surface area contributed by atoms with Gasteiger partial charge < -0.3 is 5.32 Å². The first-order valence-electron chi connectivity index (χ1n) is 8.72. The molecule has 0 spiro atoms. The molecule has 1 aromatic heterocycles. The second kappa shape index (κ2) is 7.80. The molecule has 1 atom stereocenters. The molecule has 0 fully saturated rings. The van der Waals surface area contributed by atoms with Gasteiger partial charge in [0.1, 0.15) is 6.54 Å². The number of fused-ring (bicyclic) bond motifs is 1. The summed E-state index contributed by atoms with van der Waals surface area (Å²) < 4.78 is 2.55. The van der Waals surface area contributed by atoms with Crippen LogP contribution >= 0.6 is 11.6 Å². The van der Waals surface area contributed by atoms with Crippen LogP contribution in [0.4, 0.5) is 5.69 Å². The molecular weight excluding hydrogens is 366 g/mol. The van der Waals surface area contributed by atoms with Gasteiger partial charge in [-0.15, -0.1) is 0 Å². The Labute approximate surface area is 161 Å². The van der Waals surface area contributed by atoms with E-state index in [9.17, 15) is 14.4 Å². The molecule has 0 radical (unpaired) electrons. The minimum Gasteiger partial charge on any atom is -0.324 e. The summed E-state index contributed by atoms with van der Waals surface area (Å²) in [5, 5.41) is 3.64. The molecule has 3 rings (SSSR count). The van der Waals surface area contributed by atoms with Gasteiger partial charge in [0.25, 0.3) is 5.56 Å². The van der Waals surface area contributed by atoms with Crippen molar-refractivity contribution in [2.45, 2.75) is 32.9 Å². The molecule has 1 heterocycles. The predicted octanol–water partition coefficient (Wildman–Crippen LogP) is 3.43. The molecule has 0 bridgehead atoms. The number of aromatic nitrogens is 2. The SMILES string of the molecule is CC[C@@H](C)n1c(=O)c2ccccc2n(CC(=O)Nc2cccc(Cl)c2)c1=O. The highest BCUT2D eigenvalue weighted by molar-refractivity contribution is 6.30. The van der Waals surface area contributed by atoms with Crippen LogP contribution in [0.5, 0.6) is 0 Å². The van der Waals surface area contributed by atoms with E-state index in [1.807, 2.05) is 13.8 Å². The van der Waals surface area contributed by atoms with Crippen molar-refractivity contribution < 1.29 is 4.79 Å². The van der Waals surface area contributed by atoms with Crippen molar-refractivity contribution in [2.75, 3.05) is 5.32 Å². The molecule has 7 heteroatoms. The van der Waals surface area contributed by atoms with Crippen molar-refractivity contribution >= 4 is 34.1 Å². The molecule has 27 heavy (non-hydrogen) atoms. The molecule has 0 aliphatic rings. The number of halogens is 1. The number of carbonyl (C=O) groups is 1. The van der Waals surface area contributed by atoms with Crippen molar-refractivity contribution in [3.63, 3.8) is 0 Å². The molecule has 1 amide bonds. The van der Waals surface area contributed by atoms with Crippen LogP contribution in [0.3, 0.4) is 0 Å². The topological polar surface area (TPSA) is 73.1 Å². The van der Waals surface area contributed by atoms with E-state index >= 15 is 0 Å². The highest BCUT2D eigenvalue weighted by atomic mass is 35.5. The lowest BCUT2D eigenvalue weighted by Gasteiger charge is -2.17. The quantitative estimate of drug-likeness (QED) is 0.731. The standard InChI is InChI=1S/C20H20ClN3O3/c1-3-13(2)24-19(26)16-9-4-5-10-17(16)23(20(24)27)12-18(25)22-15-8-6-7-14(21)11-15/h4-11,13H,3,12H2,1-2H3,(H,22,25)/t13-/m1/s1. The fourth-order valence-electron chi connectivity index (χ4n) is 2.97. The smallest absolute Gasteiger partial charge is 0.324 e. The van der Waals surface area contributed by atoms with Gasteiger partial charge in [-0.2, -0.15) is 0 Å². The van der Waals surface area contributed by atoms with Gasteiger partial charge in [0.15, 0.2) is 0 Å². The summed E-state index contributed by atoms with van der Waals surface area (Å²) in [6.45, 7) is 3.51. The van der Waals surface area contributed by atoms with Crippen LogP contribution in [0, 0.1) is 0 Å². The normalized spacial score (nSPS) is 12.1. The lowest BCUT2D eigenvalue weighted by atomic mass is 10.2. The zero-order valence-corrected chi connectivity index (χ0v) is 15.9. The van der Waals surface area contributed by atoms with E-state index in [0.29, 0.717) is 28.0 Å². The lowest BCUT2D eigenvalue weighted by molar-refractivity contribution is -0.116. The monoisotopic (exact) mass is 385 g/mol. The first-order chi connectivity index (χ1) is 12.9. The maximum atomic E-state index is 13.0. The number of nitrogens with zero attached hydrogens (tertiary/aromatic N) is 2. The fourth-order valence-corrected chi connectivity index (χ4v) is 3.16. The largest absolute Gasteiger partial charge is 0.332 e. The molecule has 0 saturated carbocycles. The first kappa shape index (κ1) is 18.9. The van der Waals surface area contributed by atoms with E-state index in [-0.39, 0.29) is 24.1 Å². The number of rotatable bonds is 5. The number of benzene rings is 2. The molecule has 1 N–H and O–H groups in total. The molecule has 0 aliphatic carbocycles. The van der Waals surface area contributed by atoms with Gasteiger partial charge in [-0.1, -0.05) is 36.7 Å². The van der Waals surface area contributed by atoms with Crippen molar-refractivity contribution in [3.05, 3.63) is 74.4 Å². The van der Waals surface area contributed by atoms with Crippen LogP contribution in [0.1, 0.15) is 26.3 Å². The van der Waals surface area contributed by atoms with E-state index in [1.165, 1.54) is 9.13 Å². The minimum atomic E-state index is -0.491. The molecule has 6 nitrogen and oxygen atoms in total. The zero-order chi connectivity index (χ0) is 19.6. The first-order valence-corrected chi connectivity index (χ1v) is 9.09. The van der Waals surface area contributed by atoms with Crippen LogP contribution in [0.15, 0.2) is 58.1 Å². The molecular formula is C20H20ClN3O3. The van der Waals surface area contributed by atoms with Crippen molar-refractivity contribution in [3.8, 4) is 0 Å². The Morgan fingerprint density at radius 2 is 1.89 bits per heavy atom. The average Bonchev–Trinajstić information content (AvgIpc) is 2.65. The Hall–Kier alpha value is -2.86. The highest BCUT2D eigenvalue weighted by Gasteiger charge is 2.18. The number of carbonyl (C=O) groups excluding carboxylic acids is 1. The van der Waals surface area contributed by atoms with Crippen LogP contribution in [0.25, 0.3) is 10.9 Å². The van der Waals surface area contributed by atoms with Gasteiger partial charge in [0.05, 0.1) is 10.9 Å². The molecule has 0 aliphatic heterocycles. The van der Waals surface area contributed by atoms with Gasteiger partial charge >= 0.3 is 5.69 Å². The minimum absolute atomic E-state index is 0.206. The lowest BCUT2D eigenvalue weighted by Crippen LogP contribution is -2.43. The van der Waals surface area contributed by atoms with Gasteiger partial charge in [-0.25, -0.2) is 4.79 Å². The Balaban J connectivity index is 2.06. The number of anilines is 1. The number of hydrogen-bond donors (Lipinski definition) is 1. The van der Waals surface area contributed by atoms with Crippen LogP contribution in [-0.2, 0) is 11.3 Å². The van der Waals surface area contributed by atoms with Crippen LogP contribution in [0.2, 0.25) is 5.02 Å². The summed E-state index contributed by atoms with van der Waals surface area (Å²) >= 11 is 5.94. The Kier molecular flexibility index (Phi) is 5.46. The third-order valence-electron chi connectivity index (χ3n) is 4.52. The molecule has 2 aromatic carbocycles. The maximum Gasteiger partial charge on any atom is 0.332 e. The second-order valence-corrected chi connectivity index (χ2v) is 6.81. The van der Waals surface area contributed by atoms with E-state index < -0.39 is 5.69 Å². The second-order valence-electron chi connectivity index (χ2n) is 6.38. The molecule has 0 saturated heterocycles. The van der Waals surface area contributed by atoms with Gasteiger partial charge in [-0.3, -0.25) is 18.7 Å². The molecule has 140 valence electrons. The summed E-state index contributed by atoms with van der Waals surface area (Å²) in [7, 11) is 0. The number of nitrogens with one attached hydrogen (secondary N) is 1. The highest BCUT2D eigenvalue weighted by Crippen LogP contribution is 2.15. The Morgan fingerprint density at radius 1 is 1.15 bits per heavy atom. The van der Waals surface area contributed by atoms with Gasteiger partial charge in [-0.05, 0) is 43.7 Å². The predicted molar refractivity (Wildman–Crippen MR) is 108 cm³/mol. The van der Waals surface area contributed by atoms with Crippen molar-refractivity contribution in [1.82, 2.24) is 9.13 Å². The Morgan fingerprint density at radius 3 is 2.59 bits per heavy atom. The zero-order valence-electron chi connectivity index (χ0n) is 15.1. The molecule has 0 unspecified atom stereocenters. The fraction of sp³-hybridized carbons (Fsp3) is 0.250. The van der Waals surface area contributed by atoms with Crippen molar-refractivity contribution in [2.24, 2.45) is 0 Å². The molecule has 3 aromatic rings. The maximum absolute atomic E-state index is 13.0. The summed E-state index contributed by atoms with van der Waals surface area (Å²) in [4.78, 5) is 38.2. The van der Waals surface area contributed by atoms with E-state index in [2.05, 4.69) is 5.32 Å². The summed E-state index contributed by atoms with van der Waals surface area (Å²) in [6.07, 6.45) is 0.627. The van der Waals surface area contributed by atoms with E-state index in [0.717, 1.165) is 0 Å². The van der Waals surface area contributed by atoms with Gasteiger partial charge in [0, 0.05) is 16.8 Å². The van der Waals surface area contributed by atoms with E-state index in [4.69, 9.17) is 11.6 Å². The average molecular weight is 386 g/mol. The third-order valence-corrected chi connectivity index (χ3v) is 4.76. The number of hydrogen-bond acceptors (Lipinski definition) is 3. The van der Waals surface area contributed by atoms with E-state index in [1.54, 1.807) is 48.5 Å². The summed E-state index contributed by atoms with van der Waals surface area (Å²) in [5.74, 6) is -0.376. The third kappa shape index (κ3) is 3.80.